The topological polar surface area (TPSA) is 48.4 Å². The van der Waals surface area contributed by atoms with E-state index < -0.39 is 0 Å². The molecule has 3 nitrogen and oxygen atoms in total. The maximum atomic E-state index is 6.15. The van der Waals surface area contributed by atoms with Crippen LogP contribution in [0.4, 0.5) is 0 Å². The molecule has 0 spiro atoms. The average Bonchev–Trinajstić information content (AvgIpc) is 2.70. The molecular formula is C12H21NO2. The van der Waals surface area contributed by atoms with E-state index in [2.05, 4.69) is 13.8 Å². The molecule has 15 heavy (non-hydrogen) atoms. The number of hydrogen-bond acceptors (Lipinski definition) is 3. The molecule has 0 saturated carbocycles. The molecule has 0 amide bonds. The minimum Gasteiger partial charge on any atom is -0.469 e. The molecule has 0 aliphatic carbocycles. The van der Waals surface area contributed by atoms with Crippen LogP contribution in [0.25, 0.3) is 0 Å². The van der Waals surface area contributed by atoms with Gasteiger partial charge >= 0.3 is 0 Å². The molecule has 0 aliphatic rings. The third kappa shape index (κ3) is 3.08. The van der Waals surface area contributed by atoms with Gasteiger partial charge in [-0.1, -0.05) is 6.92 Å². The fourth-order valence-corrected chi connectivity index (χ4v) is 1.66. The molecule has 86 valence electrons. The summed E-state index contributed by atoms with van der Waals surface area (Å²) in [6.07, 6.45) is 3.30. The van der Waals surface area contributed by atoms with Crippen LogP contribution >= 0.6 is 0 Å². The van der Waals surface area contributed by atoms with Crippen molar-refractivity contribution in [2.45, 2.75) is 45.3 Å². The van der Waals surface area contributed by atoms with Crippen LogP contribution in [0.5, 0.6) is 0 Å². The van der Waals surface area contributed by atoms with E-state index in [4.69, 9.17) is 14.9 Å². The molecule has 1 aromatic rings. The van der Waals surface area contributed by atoms with Gasteiger partial charge in [-0.15, -0.1) is 0 Å². The second-order valence-corrected chi connectivity index (χ2v) is 3.99. The summed E-state index contributed by atoms with van der Waals surface area (Å²) in [6, 6.07) is 3.79. The van der Waals surface area contributed by atoms with Crippen molar-refractivity contribution in [3.63, 3.8) is 0 Å². The van der Waals surface area contributed by atoms with Crippen molar-refractivity contribution >= 4 is 0 Å². The zero-order chi connectivity index (χ0) is 11.3. The highest BCUT2D eigenvalue weighted by atomic mass is 16.5. The second kappa shape index (κ2) is 5.33. The Hall–Kier alpha value is -0.800. The quantitative estimate of drug-likeness (QED) is 0.785. The standard InChI is InChI=1S/C12H21NO2/c1-4-12(3,15-5-2)11(13)9-10-7-6-8-14-10/h6-8,11H,4-5,9,13H2,1-3H3. The van der Waals surface area contributed by atoms with Crippen LogP contribution in [-0.4, -0.2) is 18.2 Å². The van der Waals surface area contributed by atoms with Gasteiger partial charge in [0.1, 0.15) is 5.76 Å². The maximum Gasteiger partial charge on any atom is 0.105 e. The fourth-order valence-electron chi connectivity index (χ4n) is 1.66. The molecule has 1 heterocycles. The van der Waals surface area contributed by atoms with E-state index in [0.717, 1.165) is 18.6 Å². The highest BCUT2D eigenvalue weighted by Gasteiger charge is 2.30. The smallest absolute Gasteiger partial charge is 0.105 e. The van der Waals surface area contributed by atoms with Gasteiger partial charge in [0.15, 0.2) is 0 Å². The molecular weight excluding hydrogens is 190 g/mol. The van der Waals surface area contributed by atoms with E-state index >= 15 is 0 Å². The number of hydrogen-bond donors (Lipinski definition) is 1. The highest BCUT2D eigenvalue weighted by Crippen LogP contribution is 2.21. The van der Waals surface area contributed by atoms with Gasteiger partial charge in [0.2, 0.25) is 0 Å². The molecule has 1 rings (SSSR count). The van der Waals surface area contributed by atoms with Gasteiger partial charge in [-0.2, -0.15) is 0 Å². The predicted molar refractivity (Wildman–Crippen MR) is 60.7 cm³/mol. The van der Waals surface area contributed by atoms with Gasteiger partial charge in [0, 0.05) is 19.1 Å². The van der Waals surface area contributed by atoms with Crippen molar-refractivity contribution in [2.75, 3.05) is 6.61 Å². The van der Waals surface area contributed by atoms with Crippen molar-refractivity contribution in [3.8, 4) is 0 Å². The molecule has 2 N–H and O–H groups in total. The zero-order valence-corrected chi connectivity index (χ0v) is 9.82. The van der Waals surface area contributed by atoms with Crippen molar-refractivity contribution in [3.05, 3.63) is 24.2 Å². The van der Waals surface area contributed by atoms with E-state index in [9.17, 15) is 0 Å². The van der Waals surface area contributed by atoms with Crippen LogP contribution in [0.2, 0.25) is 0 Å². The summed E-state index contributed by atoms with van der Waals surface area (Å²) in [6.45, 7) is 6.84. The van der Waals surface area contributed by atoms with E-state index in [1.54, 1.807) is 6.26 Å². The first kappa shape index (κ1) is 12.3. The lowest BCUT2D eigenvalue weighted by atomic mass is 9.90. The lowest BCUT2D eigenvalue weighted by molar-refractivity contribution is -0.0470. The Morgan fingerprint density at radius 2 is 2.27 bits per heavy atom. The van der Waals surface area contributed by atoms with Crippen LogP contribution < -0.4 is 5.73 Å². The van der Waals surface area contributed by atoms with Gasteiger partial charge in [0.05, 0.1) is 11.9 Å². The number of furan rings is 1. The fraction of sp³-hybridized carbons (Fsp3) is 0.667. The molecule has 0 saturated heterocycles. The Kier molecular flexibility index (Phi) is 4.36. The molecule has 0 fully saturated rings. The number of nitrogens with two attached hydrogens (primary N) is 1. The van der Waals surface area contributed by atoms with E-state index in [-0.39, 0.29) is 11.6 Å². The van der Waals surface area contributed by atoms with E-state index in [1.807, 2.05) is 19.1 Å². The third-order valence-corrected chi connectivity index (χ3v) is 2.96. The van der Waals surface area contributed by atoms with Crippen molar-refractivity contribution in [1.82, 2.24) is 0 Å². The first-order chi connectivity index (χ1) is 7.12. The summed E-state index contributed by atoms with van der Waals surface area (Å²) in [4.78, 5) is 0. The van der Waals surface area contributed by atoms with Crippen LogP contribution in [0.3, 0.4) is 0 Å². The van der Waals surface area contributed by atoms with Crippen LogP contribution in [0, 0.1) is 0 Å². The minimum atomic E-state index is -0.262. The van der Waals surface area contributed by atoms with Gasteiger partial charge in [0.25, 0.3) is 0 Å². The molecule has 0 bridgehead atoms. The largest absolute Gasteiger partial charge is 0.469 e. The second-order valence-electron chi connectivity index (χ2n) is 3.99. The van der Waals surface area contributed by atoms with Crippen LogP contribution in [0.1, 0.15) is 33.0 Å². The summed E-state index contributed by atoms with van der Waals surface area (Å²) >= 11 is 0. The van der Waals surface area contributed by atoms with E-state index in [1.165, 1.54) is 0 Å². The Morgan fingerprint density at radius 1 is 1.53 bits per heavy atom. The minimum absolute atomic E-state index is 0.0337. The molecule has 0 aromatic carbocycles. The first-order valence-electron chi connectivity index (χ1n) is 5.54. The third-order valence-electron chi connectivity index (χ3n) is 2.96. The van der Waals surface area contributed by atoms with Crippen molar-refractivity contribution in [1.29, 1.82) is 0 Å². The Morgan fingerprint density at radius 3 is 2.73 bits per heavy atom. The first-order valence-corrected chi connectivity index (χ1v) is 5.54. The van der Waals surface area contributed by atoms with Crippen LogP contribution in [-0.2, 0) is 11.2 Å². The van der Waals surface area contributed by atoms with E-state index in [0.29, 0.717) is 6.61 Å². The summed E-state index contributed by atoms with van der Waals surface area (Å²) in [5.74, 6) is 0.918. The normalized spacial score (nSPS) is 17.3. The van der Waals surface area contributed by atoms with Crippen molar-refractivity contribution in [2.24, 2.45) is 5.73 Å². The Labute approximate surface area is 91.6 Å². The highest BCUT2D eigenvalue weighted by molar-refractivity contribution is 5.03. The number of ether oxygens (including phenoxy) is 1. The molecule has 2 atom stereocenters. The molecule has 0 aliphatic heterocycles. The summed E-state index contributed by atoms with van der Waals surface area (Å²) in [5, 5.41) is 0. The SMILES string of the molecule is CCOC(C)(CC)C(N)Cc1ccco1. The van der Waals surface area contributed by atoms with Gasteiger partial charge < -0.3 is 14.9 Å². The van der Waals surface area contributed by atoms with Gasteiger partial charge in [-0.3, -0.25) is 0 Å². The monoisotopic (exact) mass is 211 g/mol. The molecule has 1 aromatic heterocycles. The summed E-state index contributed by atoms with van der Waals surface area (Å²) in [7, 11) is 0. The van der Waals surface area contributed by atoms with Gasteiger partial charge in [-0.05, 0) is 32.4 Å². The molecule has 2 unspecified atom stereocenters. The van der Waals surface area contributed by atoms with Crippen LogP contribution in [0.15, 0.2) is 22.8 Å². The average molecular weight is 211 g/mol. The van der Waals surface area contributed by atoms with Gasteiger partial charge in [-0.25, -0.2) is 0 Å². The number of rotatable bonds is 6. The Bertz CT molecular complexity index is 271. The maximum absolute atomic E-state index is 6.15. The zero-order valence-electron chi connectivity index (χ0n) is 9.82. The Balaban J connectivity index is 2.60. The molecule has 3 heteroatoms. The van der Waals surface area contributed by atoms with Crippen molar-refractivity contribution < 1.29 is 9.15 Å². The summed E-state index contributed by atoms with van der Waals surface area (Å²) < 4.78 is 11.0. The summed E-state index contributed by atoms with van der Waals surface area (Å²) in [5.41, 5.74) is 5.89. The predicted octanol–water partition coefficient (Wildman–Crippen LogP) is 2.35. The molecule has 0 radical (unpaired) electrons. The lowest BCUT2D eigenvalue weighted by Gasteiger charge is -2.34. The lowest BCUT2D eigenvalue weighted by Crippen LogP contribution is -2.48.